The van der Waals surface area contributed by atoms with E-state index in [1.807, 2.05) is 0 Å². The van der Waals surface area contributed by atoms with Crippen molar-refractivity contribution < 1.29 is 9.47 Å². The first-order valence-electron chi connectivity index (χ1n) is 6.02. The zero-order chi connectivity index (χ0) is 12.9. The maximum absolute atomic E-state index is 5.45. The molecule has 0 saturated heterocycles. The van der Waals surface area contributed by atoms with Crippen molar-refractivity contribution in [2.45, 2.75) is 20.3 Å². The highest BCUT2D eigenvalue weighted by atomic mass is 16.5. The number of nitrogens with one attached hydrogen (secondary N) is 2. The second kappa shape index (κ2) is 11.6. The van der Waals surface area contributed by atoms with Crippen LogP contribution in [-0.4, -0.2) is 46.0 Å². The second-order valence-electron chi connectivity index (χ2n) is 4.12. The number of aliphatic imine (C=N–C) groups is 1. The van der Waals surface area contributed by atoms with Gasteiger partial charge in [0.25, 0.3) is 0 Å². The number of guanidine groups is 1. The number of hydrogen-bond acceptors (Lipinski definition) is 4. The fraction of sp³-hybridized carbons (Fsp3) is 0.909. The molecule has 0 unspecified atom stereocenters. The van der Waals surface area contributed by atoms with Crippen molar-refractivity contribution in [3.8, 4) is 0 Å². The third kappa shape index (κ3) is 11.4. The maximum atomic E-state index is 5.45. The lowest BCUT2D eigenvalue weighted by atomic mass is 10.2. The van der Waals surface area contributed by atoms with E-state index in [4.69, 9.17) is 15.3 Å². The van der Waals surface area contributed by atoms with Crippen LogP contribution in [0.25, 0.3) is 0 Å². The topological polar surface area (TPSA) is 80.9 Å². The molecule has 0 aromatic heterocycles. The molecule has 4 N–H and O–H groups in total. The summed E-state index contributed by atoms with van der Waals surface area (Å²) in [6.07, 6.45) is 0.893. The van der Waals surface area contributed by atoms with Gasteiger partial charge in [-0.3, -0.25) is 10.4 Å². The summed E-state index contributed by atoms with van der Waals surface area (Å²) < 4.78 is 10.4. The largest absolute Gasteiger partial charge is 0.383 e. The first-order chi connectivity index (χ1) is 8.20. The van der Waals surface area contributed by atoms with Gasteiger partial charge in [-0.25, -0.2) is 5.84 Å². The number of ether oxygens (including phenoxy) is 2. The van der Waals surface area contributed by atoms with Crippen LogP contribution in [0, 0.1) is 5.92 Å². The normalized spacial score (nSPS) is 11.9. The quantitative estimate of drug-likeness (QED) is 0.177. The van der Waals surface area contributed by atoms with Crippen molar-refractivity contribution in [1.82, 2.24) is 10.7 Å². The summed E-state index contributed by atoms with van der Waals surface area (Å²) in [5, 5.41) is 3.03. The fourth-order valence-corrected chi connectivity index (χ4v) is 1.10. The minimum absolute atomic E-state index is 0.579. The van der Waals surface area contributed by atoms with Gasteiger partial charge in [0, 0.05) is 33.4 Å². The van der Waals surface area contributed by atoms with Crippen molar-refractivity contribution in [3.05, 3.63) is 0 Å². The number of nitrogens with two attached hydrogens (primary N) is 1. The van der Waals surface area contributed by atoms with Gasteiger partial charge in [0.2, 0.25) is 5.96 Å². The molecule has 0 amide bonds. The molecular formula is C11H26N4O2. The van der Waals surface area contributed by atoms with E-state index in [9.17, 15) is 0 Å². The third-order valence-corrected chi connectivity index (χ3v) is 1.90. The SMILES string of the molecule is COCCNC(=NCCCOCC(C)C)NN. The summed E-state index contributed by atoms with van der Waals surface area (Å²) in [5.74, 6) is 6.49. The maximum Gasteiger partial charge on any atom is 0.205 e. The Morgan fingerprint density at radius 2 is 2.12 bits per heavy atom. The predicted molar refractivity (Wildman–Crippen MR) is 69.8 cm³/mol. The molecule has 0 spiro atoms. The van der Waals surface area contributed by atoms with Gasteiger partial charge in [0.15, 0.2) is 0 Å². The van der Waals surface area contributed by atoms with Crippen LogP contribution in [0.2, 0.25) is 0 Å². The Labute approximate surface area is 104 Å². The van der Waals surface area contributed by atoms with Crippen LogP contribution in [0.3, 0.4) is 0 Å². The van der Waals surface area contributed by atoms with Gasteiger partial charge < -0.3 is 14.8 Å². The second-order valence-corrected chi connectivity index (χ2v) is 4.12. The van der Waals surface area contributed by atoms with E-state index in [0.717, 1.165) is 19.6 Å². The highest BCUT2D eigenvalue weighted by Crippen LogP contribution is 1.93. The van der Waals surface area contributed by atoms with Crippen LogP contribution >= 0.6 is 0 Å². The molecule has 0 atom stereocenters. The lowest BCUT2D eigenvalue weighted by Crippen LogP contribution is -2.42. The highest BCUT2D eigenvalue weighted by Gasteiger charge is 1.95. The Morgan fingerprint density at radius 1 is 1.35 bits per heavy atom. The molecule has 0 heterocycles. The molecule has 0 rings (SSSR count). The van der Waals surface area contributed by atoms with E-state index < -0.39 is 0 Å². The Bertz CT molecular complexity index is 198. The fourth-order valence-electron chi connectivity index (χ4n) is 1.10. The lowest BCUT2D eigenvalue weighted by Gasteiger charge is -2.09. The molecular weight excluding hydrogens is 220 g/mol. The number of rotatable bonds is 9. The molecule has 0 aromatic rings. The van der Waals surface area contributed by atoms with E-state index in [1.54, 1.807) is 7.11 Å². The summed E-state index contributed by atoms with van der Waals surface area (Å²) >= 11 is 0. The monoisotopic (exact) mass is 246 g/mol. The van der Waals surface area contributed by atoms with Crippen molar-refractivity contribution >= 4 is 5.96 Å². The Morgan fingerprint density at radius 3 is 2.71 bits per heavy atom. The van der Waals surface area contributed by atoms with Crippen molar-refractivity contribution in [1.29, 1.82) is 0 Å². The zero-order valence-corrected chi connectivity index (χ0v) is 11.2. The molecule has 0 fully saturated rings. The van der Waals surface area contributed by atoms with E-state index in [1.165, 1.54) is 0 Å². The molecule has 17 heavy (non-hydrogen) atoms. The summed E-state index contributed by atoms with van der Waals surface area (Å²) in [6.45, 7) is 7.80. The molecule has 0 aliphatic heterocycles. The van der Waals surface area contributed by atoms with Crippen LogP contribution in [0.5, 0.6) is 0 Å². The summed E-state index contributed by atoms with van der Waals surface area (Å²) in [4.78, 5) is 4.26. The van der Waals surface area contributed by atoms with Gasteiger partial charge in [-0.1, -0.05) is 13.8 Å². The van der Waals surface area contributed by atoms with Crippen LogP contribution in [-0.2, 0) is 9.47 Å². The summed E-state index contributed by atoms with van der Waals surface area (Å²) in [5.41, 5.74) is 2.51. The third-order valence-electron chi connectivity index (χ3n) is 1.90. The van der Waals surface area contributed by atoms with Crippen molar-refractivity contribution in [2.75, 3.05) is 40.0 Å². The zero-order valence-electron chi connectivity index (χ0n) is 11.2. The highest BCUT2D eigenvalue weighted by molar-refractivity contribution is 5.79. The van der Waals surface area contributed by atoms with Crippen molar-refractivity contribution in [3.63, 3.8) is 0 Å². The smallest absolute Gasteiger partial charge is 0.205 e. The Kier molecular flexibility index (Phi) is 11.0. The molecule has 0 radical (unpaired) electrons. The van der Waals surface area contributed by atoms with Crippen LogP contribution in [0.1, 0.15) is 20.3 Å². The Hall–Kier alpha value is -0.850. The van der Waals surface area contributed by atoms with E-state index in [-0.39, 0.29) is 0 Å². The average molecular weight is 246 g/mol. The summed E-state index contributed by atoms with van der Waals surface area (Å²) in [6, 6.07) is 0. The van der Waals surface area contributed by atoms with Gasteiger partial charge in [0.1, 0.15) is 0 Å². The van der Waals surface area contributed by atoms with E-state index in [0.29, 0.717) is 31.6 Å². The molecule has 6 heteroatoms. The molecule has 0 saturated carbocycles. The number of hydrazine groups is 1. The van der Waals surface area contributed by atoms with Crippen LogP contribution < -0.4 is 16.6 Å². The molecule has 102 valence electrons. The molecule has 0 aliphatic rings. The average Bonchev–Trinajstić information content (AvgIpc) is 2.31. The Balaban J connectivity index is 3.50. The van der Waals surface area contributed by atoms with Crippen LogP contribution in [0.15, 0.2) is 4.99 Å². The number of hydrogen-bond donors (Lipinski definition) is 3. The molecule has 6 nitrogen and oxygen atoms in total. The first kappa shape index (κ1) is 16.1. The molecule has 0 aliphatic carbocycles. The first-order valence-corrected chi connectivity index (χ1v) is 6.02. The van der Waals surface area contributed by atoms with Crippen LogP contribution in [0.4, 0.5) is 0 Å². The van der Waals surface area contributed by atoms with Gasteiger partial charge in [-0.15, -0.1) is 0 Å². The lowest BCUT2D eigenvalue weighted by molar-refractivity contribution is 0.109. The molecule has 0 bridgehead atoms. The number of methoxy groups -OCH3 is 1. The van der Waals surface area contributed by atoms with E-state index >= 15 is 0 Å². The molecule has 0 aromatic carbocycles. The number of nitrogens with zero attached hydrogens (tertiary/aromatic N) is 1. The van der Waals surface area contributed by atoms with Gasteiger partial charge in [-0.05, 0) is 12.3 Å². The van der Waals surface area contributed by atoms with Gasteiger partial charge in [0.05, 0.1) is 6.61 Å². The summed E-state index contributed by atoms with van der Waals surface area (Å²) in [7, 11) is 1.65. The minimum atomic E-state index is 0.579. The van der Waals surface area contributed by atoms with Crippen molar-refractivity contribution in [2.24, 2.45) is 16.8 Å². The van der Waals surface area contributed by atoms with E-state index in [2.05, 4.69) is 29.6 Å². The predicted octanol–water partition coefficient (Wildman–Crippen LogP) is 0.104. The van der Waals surface area contributed by atoms with Gasteiger partial charge >= 0.3 is 0 Å². The minimum Gasteiger partial charge on any atom is -0.383 e. The van der Waals surface area contributed by atoms with Gasteiger partial charge in [-0.2, -0.15) is 0 Å². The standard InChI is InChI=1S/C11H26N4O2/c1-10(2)9-17-7-4-5-13-11(15-12)14-6-8-16-3/h10H,4-9,12H2,1-3H3,(H2,13,14,15).